The number of aromatic nitrogens is 2. The fourth-order valence-corrected chi connectivity index (χ4v) is 3.27. The average molecular weight is 372 g/mol. The molecule has 0 saturated carbocycles. The van der Waals surface area contributed by atoms with E-state index in [9.17, 15) is 9.50 Å². The maximum Gasteiger partial charge on any atom is 0.139 e. The molecule has 0 spiro atoms. The van der Waals surface area contributed by atoms with Crippen LogP contribution in [-0.2, 0) is 6.54 Å². The van der Waals surface area contributed by atoms with Crippen molar-refractivity contribution in [2.24, 2.45) is 0 Å². The summed E-state index contributed by atoms with van der Waals surface area (Å²) < 4.78 is 16.0. The van der Waals surface area contributed by atoms with Crippen LogP contribution in [0.1, 0.15) is 33.1 Å². The molecule has 122 valence electrons. The summed E-state index contributed by atoms with van der Waals surface area (Å²) in [5.74, 6) is -0.290. The van der Waals surface area contributed by atoms with Gasteiger partial charge in [-0.3, -0.25) is 0 Å². The van der Waals surface area contributed by atoms with E-state index in [2.05, 4.69) is 26.2 Å². The van der Waals surface area contributed by atoms with Crippen LogP contribution in [0.3, 0.4) is 0 Å². The predicted octanol–water partition coefficient (Wildman–Crippen LogP) is 3.47. The molecule has 2 N–H and O–H groups in total. The van der Waals surface area contributed by atoms with Gasteiger partial charge in [0, 0.05) is 18.7 Å². The van der Waals surface area contributed by atoms with E-state index in [0.29, 0.717) is 9.99 Å². The molecule has 2 aromatic rings. The van der Waals surface area contributed by atoms with Crippen molar-refractivity contribution in [2.45, 2.75) is 51.8 Å². The number of hydrogen-bond donors (Lipinski definition) is 2. The standard InChI is InChI=1S/C15H19BrFN3O.CH4/c16-10-7-14-13(8-11(10)17)19-9-20(14)6-2-3-12-15(21)4-1-5-18-12;/h7-9,12,15,18,21H,1-6H2;1H4/t12-,15+;/m1./s1. The number of fused-ring (bicyclic) bond motifs is 1. The zero-order chi connectivity index (χ0) is 14.8. The number of imidazole rings is 1. The van der Waals surface area contributed by atoms with Gasteiger partial charge in [-0.1, -0.05) is 7.43 Å². The number of hydrogen-bond acceptors (Lipinski definition) is 3. The number of aryl methyl sites for hydroxylation is 1. The van der Waals surface area contributed by atoms with Gasteiger partial charge in [-0.05, 0) is 54.2 Å². The second kappa shape index (κ2) is 7.53. The van der Waals surface area contributed by atoms with E-state index in [0.717, 1.165) is 44.3 Å². The quantitative estimate of drug-likeness (QED) is 0.864. The molecule has 22 heavy (non-hydrogen) atoms. The lowest BCUT2D eigenvalue weighted by molar-refractivity contribution is 0.0909. The SMILES string of the molecule is C.O[C@H]1CCCN[C@@H]1CCCn1cnc2cc(F)c(Br)cc21. The van der Waals surface area contributed by atoms with Gasteiger partial charge in [0.15, 0.2) is 0 Å². The Morgan fingerprint density at radius 1 is 1.45 bits per heavy atom. The van der Waals surface area contributed by atoms with Crippen LogP contribution in [0.25, 0.3) is 11.0 Å². The lowest BCUT2D eigenvalue weighted by Crippen LogP contribution is -2.44. The van der Waals surface area contributed by atoms with Gasteiger partial charge in [0.05, 0.1) is 27.9 Å². The molecule has 4 nitrogen and oxygen atoms in total. The zero-order valence-corrected chi connectivity index (χ0v) is 13.3. The largest absolute Gasteiger partial charge is 0.392 e. The van der Waals surface area contributed by atoms with Gasteiger partial charge in [-0.25, -0.2) is 9.37 Å². The van der Waals surface area contributed by atoms with Gasteiger partial charge in [0.25, 0.3) is 0 Å². The zero-order valence-electron chi connectivity index (χ0n) is 11.7. The van der Waals surface area contributed by atoms with Crippen molar-refractivity contribution in [2.75, 3.05) is 6.54 Å². The maximum atomic E-state index is 13.5. The molecular formula is C16H23BrFN3O. The molecule has 0 amide bonds. The Morgan fingerprint density at radius 2 is 2.27 bits per heavy atom. The minimum absolute atomic E-state index is 0. The molecule has 1 aliphatic heterocycles. The highest BCUT2D eigenvalue weighted by Crippen LogP contribution is 2.23. The van der Waals surface area contributed by atoms with Gasteiger partial charge in [0.1, 0.15) is 5.82 Å². The van der Waals surface area contributed by atoms with E-state index < -0.39 is 0 Å². The summed E-state index contributed by atoms with van der Waals surface area (Å²) in [5.41, 5.74) is 1.60. The molecule has 0 aliphatic carbocycles. The van der Waals surface area contributed by atoms with Crippen molar-refractivity contribution in [3.8, 4) is 0 Å². The number of nitrogens with zero attached hydrogens (tertiary/aromatic N) is 2. The number of halogens is 2. The van der Waals surface area contributed by atoms with Gasteiger partial charge in [-0.2, -0.15) is 0 Å². The predicted molar refractivity (Wildman–Crippen MR) is 90.4 cm³/mol. The van der Waals surface area contributed by atoms with Crippen molar-refractivity contribution >= 4 is 27.0 Å². The Balaban J connectivity index is 0.00000176. The first-order chi connectivity index (χ1) is 10.1. The summed E-state index contributed by atoms with van der Waals surface area (Å²) >= 11 is 3.21. The van der Waals surface area contributed by atoms with Crippen molar-refractivity contribution < 1.29 is 9.50 Å². The third kappa shape index (κ3) is 3.67. The third-order valence-electron chi connectivity index (χ3n) is 4.12. The van der Waals surface area contributed by atoms with Gasteiger partial charge < -0.3 is 15.0 Å². The first kappa shape index (κ1) is 17.4. The molecule has 0 radical (unpaired) electrons. The summed E-state index contributed by atoms with van der Waals surface area (Å²) in [6.45, 7) is 1.81. The van der Waals surface area contributed by atoms with E-state index in [1.54, 1.807) is 12.4 Å². The second-order valence-corrected chi connectivity index (χ2v) is 6.46. The van der Waals surface area contributed by atoms with E-state index in [-0.39, 0.29) is 25.4 Å². The summed E-state index contributed by atoms with van der Waals surface area (Å²) in [6, 6.07) is 3.41. The molecule has 1 aromatic heterocycles. The van der Waals surface area contributed by atoms with Crippen molar-refractivity contribution in [3.63, 3.8) is 0 Å². The van der Waals surface area contributed by atoms with Crippen molar-refractivity contribution in [3.05, 3.63) is 28.7 Å². The van der Waals surface area contributed by atoms with Gasteiger partial charge >= 0.3 is 0 Å². The fraction of sp³-hybridized carbons (Fsp3) is 0.562. The van der Waals surface area contributed by atoms with E-state index in [4.69, 9.17) is 0 Å². The Hall–Kier alpha value is -0.980. The molecule has 1 saturated heterocycles. The molecule has 0 unspecified atom stereocenters. The van der Waals surface area contributed by atoms with Crippen LogP contribution in [0.2, 0.25) is 0 Å². The normalized spacial score (nSPS) is 21.8. The third-order valence-corrected chi connectivity index (χ3v) is 4.73. The molecule has 3 rings (SSSR count). The molecule has 1 aliphatic rings. The number of aliphatic hydroxyl groups is 1. The molecule has 2 heterocycles. The Morgan fingerprint density at radius 3 is 3.05 bits per heavy atom. The van der Waals surface area contributed by atoms with Crippen molar-refractivity contribution in [1.29, 1.82) is 0 Å². The highest BCUT2D eigenvalue weighted by molar-refractivity contribution is 9.10. The highest BCUT2D eigenvalue weighted by atomic mass is 79.9. The maximum absolute atomic E-state index is 13.5. The summed E-state index contributed by atoms with van der Waals surface area (Å²) in [7, 11) is 0. The Labute approximate surface area is 138 Å². The number of benzene rings is 1. The number of nitrogens with one attached hydrogen (secondary N) is 1. The molecule has 1 fully saturated rings. The minimum Gasteiger partial charge on any atom is -0.392 e. The van der Waals surface area contributed by atoms with Crippen LogP contribution < -0.4 is 5.32 Å². The van der Waals surface area contributed by atoms with Gasteiger partial charge in [0.2, 0.25) is 0 Å². The fourth-order valence-electron chi connectivity index (χ4n) is 2.94. The number of piperidine rings is 1. The first-order valence-corrected chi connectivity index (χ1v) is 8.16. The summed E-state index contributed by atoms with van der Waals surface area (Å²) in [6.07, 6.45) is 5.34. The molecule has 6 heteroatoms. The molecular weight excluding hydrogens is 349 g/mol. The first-order valence-electron chi connectivity index (χ1n) is 7.36. The smallest absolute Gasteiger partial charge is 0.139 e. The van der Waals surface area contributed by atoms with Crippen molar-refractivity contribution in [1.82, 2.24) is 14.9 Å². The topological polar surface area (TPSA) is 50.1 Å². The van der Waals surface area contributed by atoms with E-state index in [1.165, 1.54) is 6.07 Å². The molecule has 2 atom stereocenters. The van der Waals surface area contributed by atoms with Crippen LogP contribution in [0.4, 0.5) is 4.39 Å². The Bertz CT molecular complexity index is 631. The minimum atomic E-state index is -0.290. The van der Waals surface area contributed by atoms with Crippen LogP contribution in [0.5, 0.6) is 0 Å². The number of aliphatic hydroxyl groups excluding tert-OH is 1. The lowest BCUT2D eigenvalue weighted by atomic mass is 9.97. The van der Waals surface area contributed by atoms with E-state index >= 15 is 0 Å². The van der Waals surface area contributed by atoms with Crippen LogP contribution in [0, 0.1) is 5.82 Å². The van der Waals surface area contributed by atoms with Gasteiger partial charge in [-0.15, -0.1) is 0 Å². The monoisotopic (exact) mass is 371 g/mol. The Kier molecular flexibility index (Phi) is 5.94. The van der Waals surface area contributed by atoms with E-state index in [1.807, 2.05) is 4.57 Å². The van der Waals surface area contributed by atoms with Crippen LogP contribution >= 0.6 is 15.9 Å². The lowest BCUT2D eigenvalue weighted by Gasteiger charge is -2.29. The number of rotatable bonds is 4. The van der Waals surface area contributed by atoms with Crippen LogP contribution in [-0.4, -0.2) is 33.3 Å². The second-order valence-electron chi connectivity index (χ2n) is 5.61. The summed E-state index contributed by atoms with van der Waals surface area (Å²) in [5, 5.41) is 13.3. The highest BCUT2D eigenvalue weighted by Gasteiger charge is 2.21. The average Bonchev–Trinajstić information content (AvgIpc) is 2.84. The molecule has 1 aromatic carbocycles. The van der Waals surface area contributed by atoms with Crippen LogP contribution in [0.15, 0.2) is 22.9 Å². The molecule has 0 bridgehead atoms. The summed E-state index contributed by atoms with van der Waals surface area (Å²) in [4.78, 5) is 4.24.